The molecule has 2 N–H and O–H groups in total. The van der Waals surface area contributed by atoms with Crippen LogP contribution in [0.1, 0.15) is 29.8 Å². The summed E-state index contributed by atoms with van der Waals surface area (Å²) in [4.78, 5) is 4.26. The van der Waals surface area contributed by atoms with Gasteiger partial charge in [0.25, 0.3) is 0 Å². The topological polar surface area (TPSA) is 63.5 Å². The molecule has 0 aliphatic rings. The lowest BCUT2D eigenvalue weighted by atomic mass is 10.2. The van der Waals surface area contributed by atoms with Crippen molar-refractivity contribution < 1.29 is 4.74 Å². The fraction of sp³-hybridized carbons (Fsp3) is 0.500. The van der Waals surface area contributed by atoms with Gasteiger partial charge in [-0.25, -0.2) is 0 Å². The van der Waals surface area contributed by atoms with Crippen LogP contribution in [-0.4, -0.2) is 42.5 Å². The SMILES string of the molecule is CN=C(NCCCOc1ccccc1C)NCCCn1nc(C)cc1C.I. The fourth-order valence-corrected chi connectivity index (χ4v) is 2.74. The first-order valence-electron chi connectivity index (χ1n) is 9.24. The van der Waals surface area contributed by atoms with Crippen molar-refractivity contribution in [1.82, 2.24) is 20.4 Å². The maximum Gasteiger partial charge on any atom is 0.190 e. The smallest absolute Gasteiger partial charge is 0.190 e. The number of aliphatic imine (C=N–C) groups is 1. The zero-order valence-electron chi connectivity index (χ0n) is 16.8. The molecule has 0 saturated carbocycles. The van der Waals surface area contributed by atoms with Crippen molar-refractivity contribution in [3.8, 4) is 5.75 Å². The average molecular weight is 485 g/mol. The quantitative estimate of drug-likeness (QED) is 0.247. The van der Waals surface area contributed by atoms with Crippen molar-refractivity contribution in [3.63, 3.8) is 0 Å². The molecular formula is C20H32IN5O. The summed E-state index contributed by atoms with van der Waals surface area (Å²) in [7, 11) is 1.79. The second kappa shape index (κ2) is 12.6. The van der Waals surface area contributed by atoms with Crippen LogP contribution in [0, 0.1) is 20.8 Å². The molecule has 0 amide bonds. The van der Waals surface area contributed by atoms with Gasteiger partial charge in [0.1, 0.15) is 5.75 Å². The van der Waals surface area contributed by atoms with Crippen molar-refractivity contribution in [2.45, 2.75) is 40.2 Å². The van der Waals surface area contributed by atoms with Crippen molar-refractivity contribution in [2.24, 2.45) is 4.99 Å². The molecule has 2 aromatic rings. The molecule has 0 atom stereocenters. The number of nitrogens with zero attached hydrogens (tertiary/aromatic N) is 3. The molecular weight excluding hydrogens is 453 g/mol. The molecule has 7 heteroatoms. The van der Waals surface area contributed by atoms with Gasteiger partial charge in [-0.3, -0.25) is 9.67 Å². The molecule has 27 heavy (non-hydrogen) atoms. The van der Waals surface area contributed by atoms with Crippen LogP contribution in [0.15, 0.2) is 35.3 Å². The highest BCUT2D eigenvalue weighted by atomic mass is 127. The number of ether oxygens (including phenoxy) is 1. The highest BCUT2D eigenvalue weighted by Crippen LogP contribution is 2.15. The van der Waals surface area contributed by atoms with Crippen molar-refractivity contribution >= 4 is 29.9 Å². The molecule has 0 fully saturated rings. The van der Waals surface area contributed by atoms with Crippen molar-refractivity contribution in [2.75, 3.05) is 26.7 Å². The normalized spacial score (nSPS) is 11.0. The molecule has 2 rings (SSSR count). The van der Waals surface area contributed by atoms with Gasteiger partial charge in [0.2, 0.25) is 0 Å². The number of aromatic nitrogens is 2. The van der Waals surface area contributed by atoms with E-state index >= 15 is 0 Å². The molecule has 0 bridgehead atoms. The van der Waals surface area contributed by atoms with E-state index in [4.69, 9.17) is 4.74 Å². The summed E-state index contributed by atoms with van der Waals surface area (Å²) in [6.07, 6.45) is 1.92. The molecule has 0 spiro atoms. The third-order valence-corrected chi connectivity index (χ3v) is 4.13. The van der Waals surface area contributed by atoms with Crippen LogP contribution >= 0.6 is 24.0 Å². The summed E-state index contributed by atoms with van der Waals surface area (Å²) < 4.78 is 7.85. The van der Waals surface area contributed by atoms with Gasteiger partial charge >= 0.3 is 0 Å². The van der Waals surface area contributed by atoms with E-state index in [1.54, 1.807) is 7.05 Å². The van der Waals surface area contributed by atoms with Gasteiger partial charge in [-0.15, -0.1) is 24.0 Å². The van der Waals surface area contributed by atoms with Crippen molar-refractivity contribution in [1.29, 1.82) is 0 Å². The summed E-state index contributed by atoms with van der Waals surface area (Å²) in [6, 6.07) is 10.2. The van der Waals surface area contributed by atoms with Gasteiger partial charge in [-0.1, -0.05) is 18.2 Å². The summed E-state index contributed by atoms with van der Waals surface area (Å²) in [5, 5.41) is 11.1. The number of aryl methyl sites for hydroxylation is 4. The van der Waals surface area contributed by atoms with E-state index in [1.165, 1.54) is 11.3 Å². The van der Waals surface area contributed by atoms with Crippen LogP contribution in [0.5, 0.6) is 5.75 Å². The Balaban J connectivity index is 0.00000364. The highest BCUT2D eigenvalue weighted by molar-refractivity contribution is 14.0. The van der Waals surface area contributed by atoms with E-state index in [0.29, 0.717) is 6.61 Å². The Kier molecular flexibility index (Phi) is 10.8. The molecule has 1 aromatic heterocycles. The number of rotatable bonds is 9. The molecule has 0 saturated heterocycles. The Morgan fingerprint density at radius 3 is 2.44 bits per heavy atom. The Bertz CT molecular complexity index is 714. The Morgan fingerprint density at radius 1 is 1.11 bits per heavy atom. The third kappa shape index (κ3) is 8.19. The maximum absolute atomic E-state index is 5.80. The highest BCUT2D eigenvalue weighted by Gasteiger charge is 2.02. The standard InChI is InChI=1S/C20H31N5O.HI/c1-16-9-5-6-10-19(16)26-14-8-12-23-20(21-4)22-11-7-13-25-18(3)15-17(2)24-25;/h5-6,9-10,15H,7-8,11-14H2,1-4H3,(H2,21,22,23);1H. The van der Waals surface area contributed by atoms with Gasteiger partial charge in [-0.2, -0.15) is 5.10 Å². The van der Waals surface area contributed by atoms with E-state index in [0.717, 1.165) is 49.9 Å². The second-order valence-electron chi connectivity index (χ2n) is 6.40. The molecule has 1 heterocycles. The predicted molar refractivity (Wildman–Crippen MR) is 122 cm³/mol. The molecule has 0 aliphatic carbocycles. The zero-order chi connectivity index (χ0) is 18.8. The summed E-state index contributed by atoms with van der Waals surface area (Å²) >= 11 is 0. The molecule has 6 nitrogen and oxygen atoms in total. The van der Waals surface area contributed by atoms with Gasteiger partial charge in [0.15, 0.2) is 5.96 Å². The lowest BCUT2D eigenvalue weighted by Gasteiger charge is -2.13. The van der Waals surface area contributed by atoms with Crippen LogP contribution in [0.2, 0.25) is 0 Å². The lowest BCUT2D eigenvalue weighted by Crippen LogP contribution is -2.38. The van der Waals surface area contributed by atoms with Gasteiger partial charge in [0, 0.05) is 32.4 Å². The minimum atomic E-state index is 0. The largest absolute Gasteiger partial charge is 0.493 e. The Morgan fingerprint density at radius 2 is 1.81 bits per heavy atom. The van der Waals surface area contributed by atoms with Crippen LogP contribution in [0.25, 0.3) is 0 Å². The monoisotopic (exact) mass is 485 g/mol. The number of benzene rings is 1. The number of halogens is 1. The number of hydrogen-bond acceptors (Lipinski definition) is 3. The number of nitrogens with one attached hydrogen (secondary N) is 2. The van der Waals surface area contributed by atoms with Gasteiger partial charge < -0.3 is 15.4 Å². The first-order valence-corrected chi connectivity index (χ1v) is 9.24. The number of hydrogen-bond donors (Lipinski definition) is 2. The van der Waals surface area contributed by atoms with Gasteiger partial charge in [-0.05, 0) is 51.3 Å². The molecule has 0 aliphatic heterocycles. The first-order chi connectivity index (χ1) is 12.6. The molecule has 0 unspecified atom stereocenters. The van der Waals surface area contributed by atoms with E-state index < -0.39 is 0 Å². The zero-order valence-corrected chi connectivity index (χ0v) is 19.1. The first kappa shape index (κ1) is 23.3. The van der Waals surface area contributed by atoms with Gasteiger partial charge in [0.05, 0.1) is 12.3 Å². The van der Waals surface area contributed by atoms with Crippen LogP contribution < -0.4 is 15.4 Å². The third-order valence-electron chi connectivity index (χ3n) is 4.13. The molecule has 1 aromatic carbocycles. The van der Waals surface area contributed by atoms with E-state index in [9.17, 15) is 0 Å². The Hall–Kier alpha value is -1.77. The van der Waals surface area contributed by atoms with Crippen LogP contribution in [0.3, 0.4) is 0 Å². The second-order valence-corrected chi connectivity index (χ2v) is 6.40. The van der Waals surface area contributed by atoms with Crippen LogP contribution in [-0.2, 0) is 6.54 Å². The van der Waals surface area contributed by atoms with E-state index in [2.05, 4.69) is 51.4 Å². The number of para-hydroxylation sites is 1. The fourth-order valence-electron chi connectivity index (χ4n) is 2.74. The molecule has 0 radical (unpaired) electrons. The minimum absolute atomic E-state index is 0. The maximum atomic E-state index is 5.80. The summed E-state index contributed by atoms with van der Waals surface area (Å²) in [6.45, 7) is 9.45. The van der Waals surface area contributed by atoms with E-state index in [-0.39, 0.29) is 24.0 Å². The van der Waals surface area contributed by atoms with E-state index in [1.807, 2.05) is 25.1 Å². The van der Waals surface area contributed by atoms with Crippen LogP contribution in [0.4, 0.5) is 0 Å². The Labute approximate surface area is 179 Å². The summed E-state index contributed by atoms with van der Waals surface area (Å²) in [5.74, 6) is 1.79. The van der Waals surface area contributed by atoms with Crippen molar-refractivity contribution in [3.05, 3.63) is 47.3 Å². The molecule has 150 valence electrons. The predicted octanol–water partition coefficient (Wildman–Crippen LogP) is 3.45. The average Bonchev–Trinajstić information content (AvgIpc) is 2.95. The lowest BCUT2D eigenvalue weighted by molar-refractivity contribution is 0.309. The number of guanidine groups is 1. The summed E-state index contributed by atoms with van der Waals surface area (Å²) in [5.41, 5.74) is 3.44. The minimum Gasteiger partial charge on any atom is -0.493 e.